The van der Waals surface area contributed by atoms with Crippen LogP contribution < -0.4 is 0 Å². The number of fused-ring (bicyclic) bond motifs is 1. The summed E-state index contributed by atoms with van der Waals surface area (Å²) in [5, 5.41) is 0. The summed E-state index contributed by atoms with van der Waals surface area (Å²) in [6.45, 7) is 4.74. The summed E-state index contributed by atoms with van der Waals surface area (Å²) < 4.78 is 0. The summed E-state index contributed by atoms with van der Waals surface area (Å²) in [7, 11) is 0. The number of rotatable bonds is 6. The van der Waals surface area contributed by atoms with E-state index in [0.29, 0.717) is 0 Å². The lowest BCUT2D eigenvalue weighted by Gasteiger charge is -2.28. The maximum absolute atomic E-state index is 2.86. The van der Waals surface area contributed by atoms with Crippen LogP contribution in [0.5, 0.6) is 0 Å². The summed E-state index contributed by atoms with van der Waals surface area (Å²) in [5.74, 6) is 0. The Morgan fingerprint density at radius 2 is 1.69 bits per heavy atom. The van der Waals surface area contributed by atoms with E-state index in [0.717, 1.165) is 18.1 Å². The standard InChI is InChI=1S/C15H29N/c1-3-4-5-6-7-8-14-11-12-15-10-9-13(2)16(14)15/h13-15H,3-12H2,1-2H3/t13-,14+,15-/m1/s1. The molecule has 16 heavy (non-hydrogen) atoms. The van der Waals surface area contributed by atoms with E-state index in [9.17, 15) is 0 Å². The molecule has 0 bridgehead atoms. The second kappa shape index (κ2) is 6.05. The van der Waals surface area contributed by atoms with Crippen molar-refractivity contribution in [2.24, 2.45) is 0 Å². The van der Waals surface area contributed by atoms with Crippen LogP contribution >= 0.6 is 0 Å². The third-order valence-electron chi connectivity index (χ3n) is 4.74. The Morgan fingerprint density at radius 1 is 0.938 bits per heavy atom. The zero-order chi connectivity index (χ0) is 11.4. The van der Waals surface area contributed by atoms with Gasteiger partial charge in [0.15, 0.2) is 0 Å². The van der Waals surface area contributed by atoms with Crippen molar-refractivity contribution in [3.8, 4) is 0 Å². The summed E-state index contributed by atoms with van der Waals surface area (Å²) in [4.78, 5) is 2.86. The normalized spacial score (nSPS) is 34.5. The molecular formula is C15H29N. The average molecular weight is 223 g/mol. The minimum Gasteiger partial charge on any atom is -0.295 e. The van der Waals surface area contributed by atoms with Crippen molar-refractivity contribution in [1.29, 1.82) is 0 Å². The SMILES string of the molecule is CCCCCCC[C@H]1CC[C@H]2CC[C@@H](C)N12. The highest BCUT2D eigenvalue weighted by Crippen LogP contribution is 2.38. The highest BCUT2D eigenvalue weighted by Gasteiger charge is 2.39. The molecule has 2 fully saturated rings. The van der Waals surface area contributed by atoms with Crippen molar-refractivity contribution in [3.63, 3.8) is 0 Å². The Bertz CT molecular complexity index is 202. The molecule has 2 aliphatic rings. The molecule has 0 radical (unpaired) electrons. The van der Waals surface area contributed by atoms with Crippen molar-refractivity contribution < 1.29 is 0 Å². The highest BCUT2D eigenvalue weighted by molar-refractivity contribution is 4.95. The average Bonchev–Trinajstić information content (AvgIpc) is 2.83. The molecule has 1 heteroatoms. The van der Waals surface area contributed by atoms with E-state index >= 15 is 0 Å². The third-order valence-corrected chi connectivity index (χ3v) is 4.74. The monoisotopic (exact) mass is 223 g/mol. The van der Waals surface area contributed by atoms with Crippen molar-refractivity contribution >= 4 is 0 Å². The van der Waals surface area contributed by atoms with Gasteiger partial charge in [-0.2, -0.15) is 0 Å². The van der Waals surface area contributed by atoms with Gasteiger partial charge in [-0.15, -0.1) is 0 Å². The van der Waals surface area contributed by atoms with Gasteiger partial charge in [-0.3, -0.25) is 4.90 Å². The molecule has 0 spiro atoms. The topological polar surface area (TPSA) is 3.24 Å². The lowest BCUT2D eigenvalue weighted by Crippen LogP contribution is -2.36. The molecule has 2 aliphatic heterocycles. The predicted octanol–water partition coefficient (Wildman–Crippen LogP) is 4.36. The van der Waals surface area contributed by atoms with Gasteiger partial charge in [0.2, 0.25) is 0 Å². The molecule has 0 aliphatic carbocycles. The molecule has 3 atom stereocenters. The molecule has 2 saturated heterocycles. The van der Waals surface area contributed by atoms with Gasteiger partial charge in [0.25, 0.3) is 0 Å². The van der Waals surface area contributed by atoms with Crippen LogP contribution in [-0.2, 0) is 0 Å². The molecule has 0 aromatic rings. The fourth-order valence-electron chi connectivity index (χ4n) is 3.85. The second-order valence-electron chi connectivity index (χ2n) is 5.96. The van der Waals surface area contributed by atoms with Crippen LogP contribution in [0.1, 0.15) is 78.1 Å². The molecule has 0 aromatic carbocycles. The largest absolute Gasteiger partial charge is 0.295 e. The van der Waals surface area contributed by atoms with E-state index in [1.54, 1.807) is 0 Å². The zero-order valence-electron chi connectivity index (χ0n) is 11.3. The van der Waals surface area contributed by atoms with E-state index in [1.165, 1.54) is 64.2 Å². The van der Waals surface area contributed by atoms with E-state index in [-0.39, 0.29) is 0 Å². The van der Waals surface area contributed by atoms with Crippen LogP contribution in [0.2, 0.25) is 0 Å². The maximum atomic E-state index is 2.86. The van der Waals surface area contributed by atoms with Gasteiger partial charge in [-0.25, -0.2) is 0 Å². The Hall–Kier alpha value is -0.0400. The second-order valence-corrected chi connectivity index (χ2v) is 5.96. The number of nitrogens with zero attached hydrogens (tertiary/aromatic N) is 1. The van der Waals surface area contributed by atoms with Crippen molar-refractivity contribution in [3.05, 3.63) is 0 Å². The minimum atomic E-state index is 0.883. The van der Waals surface area contributed by atoms with Crippen LogP contribution in [0.25, 0.3) is 0 Å². The predicted molar refractivity (Wildman–Crippen MR) is 70.7 cm³/mol. The number of hydrogen-bond acceptors (Lipinski definition) is 1. The van der Waals surface area contributed by atoms with Gasteiger partial charge < -0.3 is 0 Å². The van der Waals surface area contributed by atoms with Crippen molar-refractivity contribution in [1.82, 2.24) is 4.90 Å². The first-order chi connectivity index (χ1) is 7.83. The highest BCUT2D eigenvalue weighted by atomic mass is 15.3. The van der Waals surface area contributed by atoms with Gasteiger partial charge in [0, 0.05) is 18.1 Å². The molecule has 94 valence electrons. The van der Waals surface area contributed by atoms with Gasteiger partial charge >= 0.3 is 0 Å². The van der Waals surface area contributed by atoms with Crippen LogP contribution in [0, 0.1) is 0 Å². The zero-order valence-corrected chi connectivity index (χ0v) is 11.3. The number of hydrogen-bond donors (Lipinski definition) is 0. The van der Waals surface area contributed by atoms with Gasteiger partial charge in [-0.05, 0) is 39.0 Å². The van der Waals surface area contributed by atoms with E-state index in [4.69, 9.17) is 0 Å². The molecule has 2 heterocycles. The Kier molecular flexibility index (Phi) is 4.69. The molecule has 0 saturated carbocycles. The van der Waals surface area contributed by atoms with Gasteiger partial charge in [0.1, 0.15) is 0 Å². The first-order valence-corrected chi connectivity index (χ1v) is 7.60. The quantitative estimate of drug-likeness (QED) is 0.605. The van der Waals surface area contributed by atoms with E-state index in [2.05, 4.69) is 18.7 Å². The maximum Gasteiger partial charge on any atom is 0.0102 e. The van der Waals surface area contributed by atoms with Crippen LogP contribution in [-0.4, -0.2) is 23.0 Å². The molecule has 2 rings (SSSR count). The Labute approximate surface area is 102 Å². The summed E-state index contributed by atoms with van der Waals surface area (Å²) in [5.41, 5.74) is 0. The molecule has 0 aromatic heterocycles. The summed E-state index contributed by atoms with van der Waals surface area (Å²) in [6, 6.07) is 2.80. The molecule has 0 N–H and O–H groups in total. The fraction of sp³-hybridized carbons (Fsp3) is 1.00. The fourth-order valence-corrected chi connectivity index (χ4v) is 3.85. The molecule has 1 nitrogen and oxygen atoms in total. The summed E-state index contributed by atoms with van der Waals surface area (Å²) >= 11 is 0. The van der Waals surface area contributed by atoms with Gasteiger partial charge in [0.05, 0.1) is 0 Å². The third kappa shape index (κ3) is 2.80. The van der Waals surface area contributed by atoms with E-state index in [1.807, 2.05) is 0 Å². The van der Waals surface area contributed by atoms with E-state index < -0.39 is 0 Å². The lowest BCUT2D eigenvalue weighted by atomic mass is 10.0. The smallest absolute Gasteiger partial charge is 0.0102 e. The minimum absolute atomic E-state index is 0.883. The van der Waals surface area contributed by atoms with Crippen LogP contribution in [0.3, 0.4) is 0 Å². The van der Waals surface area contributed by atoms with Gasteiger partial charge in [-0.1, -0.05) is 39.0 Å². The number of unbranched alkanes of at least 4 members (excludes halogenated alkanes) is 4. The van der Waals surface area contributed by atoms with Crippen molar-refractivity contribution in [2.75, 3.05) is 0 Å². The Balaban J connectivity index is 1.66. The van der Waals surface area contributed by atoms with Crippen molar-refractivity contribution in [2.45, 2.75) is 96.2 Å². The Morgan fingerprint density at radius 3 is 2.50 bits per heavy atom. The molecule has 0 amide bonds. The first kappa shape index (κ1) is 12.4. The lowest BCUT2D eigenvalue weighted by molar-refractivity contribution is 0.180. The first-order valence-electron chi connectivity index (χ1n) is 7.60. The van der Waals surface area contributed by atoms with Crippen LogP contribution in [0.4, 0.5) is 0 Å². The summed E-state index contributed by atoms with van der Waals surface area (Å²) in [6.07, 6.45) is 14.6. The van der Waals surface area contributed by atoms with Crippen LogP contribution in [0.15, 0.2) is 0 Å². The molecular weight excluding hydrogens is 194 g/mol. The molecule has 0 unspecified atom stereocenters.